The van der Waals surface area contributed by atoms with Crippen LogP contribution in [0.5, 0.6) is 10.8 Å². The van der Waals surface area contributed by atoms with Crippen LogP contribution < -0.4 is 15.4 Å². The molecule has 3 aromatic carbocycles. The highest BCUT2D eigenvalue weighted by atomic mass is 35.5. The Hall–Kier alpha value is -3.82. The predicted molar refractivity (Wildman–Crippen MR) is 136 cm³/mol. The fourth-order valence-electron chi connectivity index (χ4n) is 3.14. The van der Waals surface area contributed by atoms with E-state index in [0.717, 1.165) is 11.3 Å². The molecule has 0 atom stereocenters. The van der Waals surface area contributed by atoms with Gasteiger partial charge in [0, 0.05) is 5.56 Å². The summed E-state index contributed by atoms with van der Waals surface area (Å²) in [6, 6.07) is 17.5. The highest BCUT2D eigenvalue weighted by Gasteiger charge is 2.31. The first-order valence-corrected chi connectivity index (χ1v) is 11.9. The molecule has 36 heavy (non-hydrogen) atoms. The lowest BCUT2D eigenvalue weighted by molar-refractivity contribution is -0.120. The van der Waals surface area contributed by atoms with Crippen molar-refractivity contribution in [2.24, 2.45) is 0 Å². The van der Waals surface area contributed by atoms with Crippen molar-refractivity contribution in [3.8, 4) is 22.1 Å². The van der Waals surface area contributed by atoms with E-state index in [-0.39, 0.29) is 15.7 Å². The Morgan fingerprint density at radius 3 is 2.19 bits per heavy atom. The zero-order chi connectivity index (χ0) is 25.9. The van der Waals surface area contributed by atoms with Crippen molar-refractivity contribution >= 4 is 39.9 Å². The number of hydrogen-bond acceptors (Lipinski definition) is 5. The van der Waals surface area contributed by atoms with Gasteiger partial charge in [-0.3, -0.25) is 14.9 Å². The molecule has 1 heterocycles. The summed E-state index contributed by atoms with van der Waals surface area (Å²) < 4.78 is 32.7. The van der Waals surface area contributed by atoms with Crippen LogP contribution in [-0.4, -0.2) is 22.3 Å². The summed E-state index contributed by atoms with van der Waals surface area (Å²) in [5.41, 5.74) is -0.174. The second-order valence-electron chi connectivity index (χ2n) is 8.23. The van der Waals surface area contributed by atoms with Crippen LogP contribution in [0, 0.1) is 11.6 Å². The minimum Gasteiger partial charge on any atom is -0.444 e. The van der Waals surface area contributed by atoms with Crippen molar-refractivity contribution in [1.29, 1.82) is 0 Å². The number of carbonyl (C=O) groups is 2. The van der Waals surface area contributed by atoms with E-state index < -0.39 is 29.0 Å². The molecule has 0 fully saturated rings. The molecule has 0 aliphatic carbocycles. The van der Waals surface area contributed by atoms with Crippen LogP contribution in [0.4, 0.5) is 13.9 Å². The number of benzene rings is 3. The van der Waals surface area contributed by atoms with Gasteiger partial charge < -0.3 is 10.1 Å². The molecule has 2 amide bonds. The van der Waals surface area contributed by atoms with Crippen LogP contribution in [0.25, 0.3) is 11.3 Å². The molecule has 0 aliphatic rings. The molecule has 0 aliphatic heterocycles. The molecule has 1 aromatic heterocycles. The fraction of sp³-hybridized carbons (Fsp3) is 0.115. The van der Waals surface area contributed by atoms with E-state index >= 15 is 0 Å². The molecule has 2 N–H and O–H groups in total. The minimum absolute atomic E-state index is 0.191. The third-order valence-electron chi connectivity index (χ3n) is 5.07. The Bertz CT molecular complexity index is 1410. The van der Waals surface area contributed by atoms with E-state index in [0.29, 0.717) is 22.1 Å². The second kappa shape index (κ2) is 10.4. The highest BCUT2D eigenvalue weighted by molar-refractivity contribution is 7.18. The molecule has 0 saturated carbocycles. The number of anilines is 1. The summed E-state index contributed by atoms with van der Waals surface area (Å²) >= 11 is 7.13. The van der Waals surface area contributed by atoms with E-state index in [4.69, 9.17) is 16.3 Å². The zero-order valence-corrected chi connectivity index (χ0v) is 20.7. The summed E-state index contributed by atoms with van der Waals surface area (Å²) in [6.07, 6.45) is 0. The third-order valence-corrected chi connectivity index (χ3v) is 6.25. The fourth-order valence-corrected chi connectivity index (χ4v) is 4.21. The maximum atomic E-state index is 13.5. The first-order chi connectivity index (χ1) is 17.1. The van der Waals surface area contributed by atoms with Crippen molar-refractivity contribution in [3.05, 3.63) is 95.0 Å². The van der Waals surface area contributed by atoms with Gasteiger partial charge in [0.25, 0.3) is 11.8 Å². The molecule has 0 unspecified atom stereocenters. The molecule has 10 heteroatoms. The monoisotopic (exact) mass is 527 g/mol. The Kier molecular flexibility index (Phi) is 7.32. The van der Waals surface area contributed by atoms with Crippen LogP contribution in [-0.2, 0) is 4.79 Å². The molecule has 0 radical (unpaired) electrons. The van der Waals surface area contributed by atoms with Gasteiger partial charge in [-0.1, -0.05) is 35.1 Å². The number of carbonyl (C=O) groups excluding carboxylic acids is 2. The van der Waals surface area contributed by atoms with E-state index in [1.54, 1.807) is 38.1 Å². The summed E-state index contributed by atoms with van der Waals surface area (Å²) in [6.45, 7) is 3.09. The van der Waals surface area contributed by atoms with Gasteiger partial charge in [0.05, 0.1) is 10.6 Å². The number of ether oxygens (including phenoxy) is 1. The number of amides is 2. The lowest BCUT2D eigenvalue weighted by Gasteiger charge is -2.24. The predicted octanol–water partition coefficient (Wildman–Crippen LogP) is 6.68. The second-order valence-corrected chi connectivity index (χ2v) is 9.60. The summed E-state index contributed by atoms with van der Waals surface area (Å²) in [4.78, 5) is 30.2. The molecule has 4 aromatic rings. The molecule has 0 spiro atoms. The van der Waals surface area contributed by atoms with Gasteiger partial charge in [0.15, 0.2) is 5.13 Å². The maximum Gasteiger partial charge on any atom is 0.253 e. The van der Waals surface area contributed by atoms with Gasteiger partial charge in [0.1, 0.15) is 28.6 Å². The Morgan fingerprint density at radius 1 is 0.944 bits per heavy atom. The third kappa shape index (κ3) is 5.87. The highest BCUT2D eigenvalue weighted by Crippen LogP contribution is 2.40. The average molecular weight is 528 g/mol. The molecular formula is C26H20ClF2N3O3S. The number of thiazole rings is 1. The van der Waals surface area contributed by atoms with Crippen molar-refractivity contribution < 1.29 is 23.1 Å². The average Bonchev–Trinajstić information content (AvgIpc) is 3.23. The van der Waals surface area contributed by atoms with Gasteiger partial charge in [-0.05, 0) is 74.5 Å². The lowest BCUT2D eigenvalue weighted by atomic mass is 10.0. The van der Waals surface area contributed by atoms with Crippen LogP contribution in [0.15, 0.2) is 72.8 Å². The van der Waals surface area contributed by atoms with Crippen molar-refractivity contribution in [2.45, 2.75) is 19.4 Å². The molecular weight excluding hydrogens is 508 g/mol. The zero-order valence-electron chi connectivity index (χ0n) is 19.1. The van der Waals surface area contributed by atoms with Crippen LogP contribution in [0.2, 0.25) is 5.02 Å². The smallest absolute Gasteiger partial charge is 0.253 e. The number of nitrogens with zero attached hydrogens (tertiary/aromatic N) is 1. The van der Waals surface area contributed by atoms with Gasteiger partial charge in [-0.25, -0.2) is 13.8 Å². The van der Waals surface area contributed by atoms with Gasteiger partial charge in [-0.2, -0.15) is 0 Å². The van der Waals surface area contributed by atoms with Crippen molar-refractivity contribution in [2.75, 3.05) is 5.32 Å². The van der Waals surface area contributed by atoms with Gasteiger partial charge >= 0.3 is 0 Å². The van der Waals surface area contributed by atoms with Crippen LogP contribution in [0.3, 0.4) is 0 Å². The van der Waals surface area contributed by atoms with E-state index in [1.165, 1.54) is 48.5 Å². The Balaban J connectivity index is 1.58. The van der Waals surface area contributed by atoms with Crippen molar-refractivity contribution in [1.82, 2.24) is 10.3 Å². The molecule has 0 bridgehead atoms. The summed E-state index contributed by atoms with van der Waals surface area (Å²) in [5, 5.41) is 6.13. The van der Waals surface area contributed by atoms with Gasteiger partial charge in [-0.15, -0.1) is 0 Å². The summed E-state index contributed by atoms with van der Waals surface area (Å²) in [5.74, 6) is -1.52. The SMILES string of the molecule is CC(C)(NC(=O)c1ccccc1Cl)C(=O)Nc1nc(-c2ccc(F)cc2)c(Oc2ccc(F)cc2)s1. The van der Waals surface area contributed by atoms with Crippen molar-refractivity contribution in [3.63, 3.8) is 0 Å². The molecule has 184 valence electrons. The van der Waals surface area contributed by atoms with E-state index in [1.807, 2.05) is 0 Å². The first-order valence-electron chi connectivity index (χ1n) is 10.7. The molecule has 4 rings (SSSR count). The largest absolute Gasteiger partial charge is 0.444 e. The Morgan fingerprint density at radius 2 is 1.56 bits per heavy atom. The van der Waals surface area contributed by atoms with Crippen LogP contribution in [0.1, 0.15) is 24.2 Å². The molecule has 0 saturated heterocycles. The number of halogens is 3. The normalized spacial score (nSPS) is 11.1. The minimum atomic E-state index is -1.32. The van der Waals surface area contributed by atoms with E-state index in [2.05, 4.69) is 15.6 Å². The molecule has 6 nitrogen and oxygen atoms in total. The number of hydrogen-bond donors (Lipinski definition) is 2. The number of aromatic nitrogens is 1. The summed E-state index contributed by atoms with van der Waals surface area (Å²) in [7, 11) is 0. The van der Waals surface area contributed by atoms with Gasteiger partial charge in [0.2, 0.25) is 5.06 Å². The Labute approximate surface area is 214 Å². The maximum absolute atomic E-state index is 13.5. The lowest BCUT2D eigenvalue weighted by Crippen LogP contribution is -2.52. The number of rotatable bonds is 7. The number of nitrogens with one attached hydrogen (secondary N) is 2. The quantitative estimate of drug-likeness (QED) is 0.281. The topological polar surface area (TPSA) is 80.3 Å². The standard InChI is InChI=1S/C26H20ClF2N3O3S/c1-26(2,32-22(33)19-5-3-4-6-20(19)27)24(34)31-25-30-21(15-7-9-16(28)10-8-15)23(36-25)35-18-13-11-17(29)12-14-18/h3-14H,1-2H3,(H,32,33)(H,30,31,34). The van der Waals surface area contributed by atoms with Crippen LogP contribution >= 0.6 is 22.9 Å². The van der Waals surface area contributed by atoms with E-state index in [9.17, 15) is 18.4 Å². The first kappa shape index (κ1) is 25.3.